The molecule has 2 aliphatic heterocycles. The summed E-state index contributed by atoms with van der Waals surface area (Å²) < 4.78 is 56.2. The number of amides is 2. The van der Waals surface area contributed by atoms with Crippen LogP contribution in [0.5, 0.6) is 0 Å². The van der Waals surface area contributed by atoms with Crippen LogP contribution in [0.1, 0.15) is 35.2 Å². The van der Waals surface area contributed by atoms with E-state index in [1.54, 1.807) is 10.6 Å². The zero-order valence-corrected chi connectivity index (χ0v) is 21.5. The van der Waals surface area contributed by atoms with Crippen molar-refractivity contribution in [1.82, 2.24) is 24.7 Å². The lowest BCUT2D eigenvalue weighted by atomic mass is 9.78. The van der Waals surface area contributed by atoms with Crippen molar-refractivity contribution in [1.29, 1.82) is 0 Å². The van der Waals surface area contributed by atoms with Crippen LogP contribution in [0.2, 0.25) is 0 Å². The maximum atomic E-state index is 15.5. The predicted octanol–water partition coefficient (Wildman–Crippen LogP) is 3.89. The number of carbonyl (C=O) groups is 2. The van der Waals surface area contributed by atoms with Crippen LogP contribution in [-0.4, -0.2) is 50.8 Å². The van der Waals surface area contributed by atoms with Crippen LogP contribution in [0.15, 0.2) is 48.9 Å². The predicted molar refractivity (Wildman–Crippen MR) is 141 cm³/mol. The summed E-state index contributed by atoms with van der Waals surface area (Å²) in [5.41, 5.74) is 5.71. The van der Waals surface area contributed by atoms with Gasteiger partial charge in [0.25, 0.3) is 5.91 Å². The summed E-state index contributed by atoms with van der Waals surface area (Å²) in [6.45, 7) is 1.93. The minimum absolute atomic E-state index is 0.0598. The van der Waals surface area contributed by atoms with E-state index in [9.17, 15) is 22.8 Å². The molecule has 0 unspecified atom stereocenters. The maximum Gasteiger partial charge on any atom is 0.416 e. The summed E-state index contributed by atoms with van der Waals surface area (Å²) >= 11 is 0. The molecule has 14 heteroatoms. The standard InChI is InChI=1S/C27H24F4N8O2/c28-18-11-15(24(41)36-19-12-16(3-6-33-19)27(29,30)31)1-2-17(18)21-22-23(32)34-7-10-39(22)25(37-21)38-8-4-26(5-9-38)13-20(40)35-14-26/h1-3,6-7,10-12H,4-5,8-9,13-14H2,(H2,32,34)(H,35,40)(H,33,36,41). The van der Waals surface area contributed by atoms with Crippen LogP contribution < -0.4 is 21.3 Å². The Balaban J connectivity index is 1.28. The Kier molecular flexibility index (Phi) is 6.27. The van der Waals surface area contributed by atoms with Gasteiger partial charge in [0.15, 0.2) is 0 Å². The van der Waals surface area contributed by atoms with Gasteiger partial charge in [-0.25, -0.2) is 19.3 Å². The number of anilines is 3. The molecule has 5 heterocycles. The summed E-state index contributed by atoms with van der Waals surface area (Å²) in [6.07, 6.45) is 1.60. The van der Waals surface area contributed by atoms with Gasteiger partial charge in [0.1, 0.15) is 28.7 Å². The van der Waals surface area contributed by atoms with Crippen LogP contribution in [0.3, 0.4) is 0 Å². The topological polar surface area (TPSA) is 131 Å². The van der Waals surface area contributed by atoms with E-state index >= 15 is 4.39 Å². The molecule has 2 saturated heterocycles. The third kappa shape index (κ3) is 4.89. The molecule has 2 amide bonds. The zero-order valence-electron chi connectivity index (χ0n) is 21.5. The molecular formula is C27H24F4N8O2. The quantitative estimate of drug-likeness (QED) is 0.319. The first-order chi connectivity index (χ1) is 19.5. The fourth-order valence-electron chi connectivity index (χ4n) is 5.46. The van der Waals surface area contributed by atoms with Crippen LogP contribution in [0.4, 0.5) is 35.1 Å². The van der Waals surface area contributed by atoms with Crippen molar-refractivity contribution in [2.45, 2.75) is 25.4 Å². The average Bonchev–Trinajstić information content (AvgIpc) is 3.50. The minimum atomic E-state index is -4.61. The van der Waals surface area contributed by atoms with Gasteiger partial charge < -0.3 is 21.3 Å². The van der Waals surface area contributed by atoms with Gasteiger partial charge >= 0.3 is 6.18 Å². The van der Waals surface area contributed by atoms with Gasteiger partial charge in [-0.1, -0.05) is 0 Å². The Hall–Kier alpha value is -4.75. The molecule has 0 radical (unpaired) electrons. The number of alkyl halides is 3. The number of carbonyl (C=O) groups excluding carboxylic acids is 2. The van der Waals surface area contributed by atoms with Crippen molar-refractivity contribution in [3.05, 3.63) is 65.9 Å². The van der Waals surface area contributed by atoms with Gasteiger partial charge in [0.2, 0.25) is 11.9 Å². The van der Waals surface area contributed by atoms with Crippen molar-refractivity contribution in [2.75, 3.05) is 35.6 Å². The van der Waals surface area contributed by atoms with Gasteiger partial charge in [-0.15, -0.1) is 0 Å². The second-order valence-electron chi connectivity index (χ2n) is 10.3. The van der Waals surface area contributed by atoms with E-state index in [4.69, 9.17) is 10.7 Å². The van der Waals surface area contributed by atoms with Crippen LogP contribution >= 0.6 is 0 Å². The molecule has 0 saturated carbocycles. The molecule has 2 aliphatic rings. The number of hydrogen-bond acceptors (Lipinski definition) is 7. The van der Waals surface area contributed by atoms with Gasteiger partial charge in [0, 0.05) is 55.8 Å². The molecule has 3 aromatic heterocycles. The molecule has 1 spiro atoms. The van der Waals surface area contributed by atoms with Crippen LogP contribution in [-0.2, 0) is 11.0 Å². The summed E-state index contributed by atoms with van der Waals surface area (Å²) in [7, 11) is 0. The molecule has 212 valence electrons. The van der Waals surface area contributed by atoms with E-state index in [0.717, 1.165) is 31.2 Å². The second kappa shape index (κ2) is 9.71. The Morgan fingerprint density at radius 2 is 1.88 bits per heavy atom. The number of halogens is 4. The van der Waals surface area contributed by atoms with Crippen LogP contribution in [0.25, 0.3) is 16.8 Å². The van der Waals surface area contributed by atoms with Gasteiger partial charge in [0.05, 0.1) is 5.56 Å². The van der Waals surface area contributed by atoms with Crippen molar-refractivity contribution in [3.8, 4) is 11.3 Å². The smallest absolute Gasteiger partial charge is 0.382 e. The number of nitrogens with two attached hydrogens (primary N) is 1. The molecular weight excluding hydrogens is 544 g/mol. The second-order valence-corrected chi connectivity index (χ2v) is 10.3. The third-order valence-electron chi connectivity index (χ3n) is 7.68. The molecule has 2 fully saturated rings. The van der Waals surface area contributed by atoms with Crippen molar-refractivity contribution in [2.24, 2.45) is 5.41 Å². The highest BCUT2D eigenvalue weighted by atomic mass is 19.4. The Morgan fingerprint density at radius 3 is 2.56 bits per heavy atom. The molecule has 4 aromatic rings. The van der Waals surface area contributed by atoms with Gasteiger partial charge in [-0.05, 0) is 48.6 Å². The monoisotopic (exact) mass is 568 g/mol. The lowest BCUT2D eigenvalue weighted by Gasteiger charge is -2.38. The Bertz CT molecular complexity index is 1680. The molecule has 0 atom stereocenters. The minimum Gasteiger partial charge on any atom is -0.382 e. The van der Waals surface area contributed by atoms with Crippen molar-refractivity contribution >= 4 is 34.9 Å². The number of hydrogen-bond donors (Lipinski definition) is 3. The molecule has 41 heavy (non-hydrogen) atoms. The van der Waals surface area contributed by atoms with E-state index in [1.807, 2.05) is 0 Å². The number of nitrogens with one attached hydrogen (secondary N) is 2. The first-order valence-electron chi connectivity index (χ1n) is 12.8. The normalized spacial score (nSPS) is 16.8. The molecule has 4 N–H and O–H groups in total. The lowest BCUT2D eigenvalue weighted by molar-refractivity contribution is -0.137. The molecule has 10 nitrogen and oxygen atoms in total. The summed E-state index contributed by atoms with van der Waals surface area (Å²) in [5.74, 6) is -1.19. The Labute approximate surface area is 230 Å². The van der Waals surface area contributed by atoms with E-state index in [2.05, 4.69) is 25.5 Å². The average molecular weight is 569 g/mol. The molecule has 0 bridgehead atoms. The van der Waals surface area contributed by atoms with E-state index in [0.29, 0.717) is 43.6 Å². The summed E-state index contributed by atoms with van der Waals surface area (Å²) in [6, 6.07) is 5.16. The van der Waals surface area contributed by atoms with Crippen LogP contribution in [0, 0.1) is 11.2 Å². The number of pyridine rings is 1. The highest BCUT2D eigenvalue weighted by Gasteiger charge is 2.41. The van der Waals surface area contributed by atoms with E-state index < -0.39 is 23.5 Å². The first kappa shape index (κ1) is 26.5. The number of benzene rings is 1. The molecule has 6 rings (SSSR count). The van der Waals surface area contributed by atoms with Crippen molar-refractivity contribution in [3.63, 3.8) is 0 Å². The molecule has 1 aromatic carbocycles. The lowest BCUT2D eigenvalue weighted by Crippen LogP contribution is -2.42. The fourth-order valence-corrected chi connectivity index (χ4v) is 5.46. The SMILES string of the molecule is Nc1nccn2c(N3CCC4(CC3)CNC(=O)C4)nc(-c3ccc(C(=O)Nc4cc(C(F)(F)F)ccn4)cc3F)c12. The number of piperidine rings is 1. The zero-order chi connectivity index (χ0) is 28.9. The number of imidazole rings is 1. The molecule has 0 aliphatic carbocycles. The van der Waals surface area contributed by atoms with Gasteiger partial charge in [-0.3, -0.25) is 14.0 Å². The number of fused-ring (bicyclic) bond motifs is 1. The van der Waals surface area contributed by atoms with Gasteiger partial charge in [-0.2, -0.15) is 13.2 Å². The first-order valence-corrected chi connectivity index (χ1v) is 12.8. The summed E-state index contributed by atoms with van der Waals surface area (Å²) in [5, 5.41) is 5.18. The number of nitrogen functional groups attached to an aromatic ring is 1. The number of aromatic nitrogens is 4. The van der Waals surface area contributed by atoms with Crippen molar-refractivity contribution < 1.29 is 27.2 Å². The third-order valence-corrected chi connectivity index (χ3v) is 7.68. The highest BCUT2D eigenvalue weighted by molar-refractivity contribution is 6.04. The van der Waals surface area contributed by atoms with E-state index in [-0.39, 0.29) is 39.8 Å². The Morgan fingerprint density at radius 1 is 1.10 bits per heavy atom. The maximum absolute atomic E-state index is 15.5. The largest absolute Gasteiger partial charge is 0.416 e. The highest BCUT2D eigenvalue weighted by Crippen LogP contribution is 2.40. The number of rotatable bonds is 4. The number of nitrogens with zero attached hydrogens (tertiary/aromatic N) is 5. The fraction of sp³-hybridized carbons (Fsp3) is 0.296. The van der Waals surface area contributed by atoms with E-state index in [1.165, 1.54) is 18.3 Å². The summed E-state index contributed by atoms with van der Waals surface area (Å²) in [4.78, 5) is 39.2.